The molecule has 176 valence electrons. The zero-order chi connectivity index (χ0) is 24.0. The van der Waals surface area contributed by atoms with E-state index in [9.17, 15) is 9.59 Å². The fourth-order valence-electron chi connectivity index (χ4n) is 4.48. The topological polar surface area (TPSA) is 89.2 Å². The molecule has 3 heterocycles. The molecule has 0 saturated carbocycles. The van der Waals surface area contributed by atoms with E-state index in [2.05, 4.69) is 40.7 Å². The van der Waals surface area contributed by atoms with Crippen LogP contribution in [0.5, 0.6) is 0 Å². The molecule has 0 spiro atoms. The zero-order valence-electron chi connectivity index (χ0n) is 19.7. The number of aryl methyl sites for hydroxylation is 1. The number of carbonyl (C=O) groups excluding carboxylic acids is 2. The molecule has 9 heteroatoms. The molecule has 4 aromatic rings. The van der Waals surface area contributed by atoms with Crippen LogP contribution >= 0.6 is 23.1 Å². The summed E-state index contributed by atoms with van der Waals surface area (Å²) in [7, 11) is 0. The molecule has 0 saturated heterocycles. The minimum atomic E-state index is -0.140. The van der Waals surface area contributed by atoms with Crippen LogP contribution in [0.15, 0.2) is 29.4 Å². The van der Waals surface area contributed by atoms with Crippen LogP contribution in [0.3, 0.4) is 0 Å². The maximum atomic E-state index is 12.8. The van der Waals surface area contributed by atoms with Crippen LogP contribution in [0.2, 0.25) is 0 Å². The van der Waals surface area contributed by atoms with Crippen LogP contribution in [0, 0.1) is 5.92 Å². The number of ketones is 1. The van der Waals surface area contributed by atoms with Crippen molar-refractivity contribution in [2.75, 3.05) is 11.1 Å². The summed E-state index contributed by atoms with van der Waals surface area (Å²) in [6, 6.07) is 6.95. The van der Waals surface area contributed by atoms with Gasteiger partial charge in [0, 0.05) is 29.0 Å². The second-order valence-electron chi connectivity index (χ2n) is 9.27. The van der Waals surface area contributed by atoms with Crippen LogP contribution in [0.25, 0.3) is 15.9 Å². The quantitative estimate of drug-likeness (QED) is 0.281. The van der Waals surface area contributed by atoms with Gasteiger partial charge in [0.25, 0.3) is 0 Å². The molecule has 3 aromatic heterocycles. The molecule has 5 rings (SSSR count). The molecule has 0 radical (unpaired) electrons. The number of carbonyl (C=O) groups is 2. The van der Waals surface area contributed by atoms with E-state index in [-0.39, 0.29) is 23.4 Å². The summed E-state index contributed by atoms with van der Waals surface area (Å²) in [5.41, 5.74) is 3.51. The first kappa shape index (κ1) is 23.0. The molecule has 1 N–H and O–H groups in total. The van der Waals surface area contributed by atoms with Crippen molar-refractivity contribution in [1.29, 1.82) is 0 Å². The molecule has 0 fully saturated rings. The smallest absolute Gasteiger partial charge is 0.221 e. The van der Waals surface area contributed by atoms with Crippen LogP contribution in [-0.2, 0) is 17.6 Å². The number of rotatable bonds is 6. The lowest BCUT2D eigenvalue weighted by molar-refractivity contribution is -0.114. The Morgan fingerprint density at radius 2 is 2.00 bits per heavy atom. The van der Waals surface area contributed by atoms with Crippen molar-refractivity contribution in [2.45, 2.75) is 58.0 Å². The Hall–Kier alpha value is -2.78. The largest absolute Gasteiger partial charge is 0.326 e. The Kier molecular flexibility index (Phi) is 6.16. The highest BCUT2D eigenvalue weighted by molar-refractivity contribution is 7.99. The SMILES string of the molecule is CC(=O)Nc1ccc(C(=O)CSc2nnc3c4c5c(sc4nc(C(C)C)n23)C[C@H](C)CC5)cc1. The highest BCUT2D eigenvalue weighted by Crippen LogP contribution is 2.40. The Bertz CT molecular complexity index is 1400. The number of hydrogen-bond donors (Lipinski definition) is 1. The predicted octanol–water partition coefficient (Wildman–Crippen LogP) is 5.52. The Balaban J connectivity index is 1.46. The van der Waals surface area contributed by atoms with Crippen molar-refractivity contribution in [3.8, 4) is 0 Å². The van der Waals surface area contributed by atoms with E-state index in [0.717, 1.165) is 34.5 Å². The normalized spacial score (nSPS) is 15.7. The summed E-state index contributed by atoms with van der Waals surface area (Å²) in [6.45, 7) is 8.02. The summed E-state index contributed by atoms with van der Waals surface area (Å²) >= 11 is 3.19. The summed E-state index contributed by atoms with van der Waals surface area (Å²) in [5.74, 6) is 1.92. The number of aromatic nitrogens is 4. The van der Waals surface area contributed by atoms with Crippen LogP contribution in [0.4, 0.5) is 5.69 Å². The fourth-order valence-corrected chi connectivity index (χ4v) is 6.69. The third-order valence-electron chi connectivity index (χ3n) is 6.17. The van der Waals surface area contributed by atoms with Crippen molar-refractivity contribution >= 4 is 56.3 Å². The van der Waals surface area contributed by atoms with E-state index in [0.29, 0.717) is 22.3 Å². The lowest BCUT2D eigenvalue weighted by atomic mass is 9.89. The minimum Gasteiger partial charge on any atom is -0.326 e. The van der Waals surface area contributed by atoms with Gasteiger partial charge in [0.1, 0.15) is 10.7 Å². The Labute approximate surface area is 206 Å². The third kappa shape index (κ3) is 4.22. The molecule has 1 atom stereocenters. The van der Waals surface area contributed by atoms with Crippen molar-refractivity contribution < 1.29 is 9.59 Å². The average molecular weight is 494 g/mol. The Morgan fingerprint density at radius 1 is 1.24 bits per heavy atom. The van der Waals surface area contributed by atoms with Gasteiger partial charge in [-0.2, -0.15) is 0 Å². The summed E-state index contributed by atoms with van der Waals surface area (Å²) < 4.78 is 2.05. The highest BCUT2D eigenvalue weighted by atomic mass is 32.2. The number of Topliss-reactive ketones (excluding diaryl/α,β-unsaturated/α-hetero) is 1. The number of thiophene rings is 1. The number of hydrogen-bond acceptors (Lipinski definition) is 7. The first-order chi connectivity index (χ1) is 16.3. The molecular formula is C25H27N5O2S2. The molecule has 7 nitrogen and oxygen atoms in total. The van der Waals surface area contributed by atoms with E-state index >= 15 is 0 Å². The maximum absolute atomic E-state index is 12.8. The first-order valence-corrected chi connectivity index (χ1v) is 13.3. The number of benzene rings is 1. The molecular weight excluding hydrogens is 466 g/mol. The number of nitrogens with zero attached hydrogens (tertiary/aromatic N) is 4. The van der Waals surface area contributed by atoms with Gasteiger partial charge in [0.05, 0.1) is 11.1 Å². The second-order valence-corrected chi connectivity index (χ2v) is 11.3. The van der Waals surface area contributed by atoms with E-state index in [1.165, 1.54) is 35.5 Å². The zero-order valence-corrected chi connectivity index (χ0v) is 21.3. The van der Waals surface area contributed by atoms with Gasteiger partial charge in [0.15, 0.2) is 16.6 Å². The van der Waals surface area contributed by atoms with Crippen molar-refractivity contribution in [3.05, 3.63) is 46.1 Å². The van der Waals surface area contributed by atoms with Crippen molar-refractivity contribution in [1.82, 2.24) is 19.6 Å². The van der Waals surface area contributed by atoms with Gasteiger partial charge in [-0.25, -0.2) is 4.98 Å². The van der Waals surface area contributed by atoms with Crippen molar-refractivity contribution in [2.24, 2.45) is 5.92 Å². The molecule has 1 amide bonds. The lowest BCUT2D eigenvalue weighted by Crippen LogP contribution is -2.09. The first-order valence-electron chi connectivity index (χ1n) is 11.5. The summed E-state index contributed by atoms with van der Waals surface area (Å²) in [6.07, 6.45) is 3.34. The van der Waals surface area contributed by atoms with E-state index in [1.54, 1.807) is 35.6 Å². The van der Waals surface area contributed by atoms with Gasteiger partial charge in [-0.15, -0.1) is 21.5 Å². The monoisotopic (exact) mass is 493 g/mol. The summed E-state index contributed by atoms with van der Waals surface area (Å²) in [5, 5.41) is 13.6. The van der Waals surface area contributed by atoms with Gasteiger partial charge in [-0.05, 0) is 55.0 Å². The van der Waals surface area contributed by atoms with Gasteiger partial charge in [-0.1, -0.05) is 32.5 Å². The number of nitrogens with one attached hydrogen (secondary N) is 1. The molecule has 0 unspecified atom stereocenters. The van der Waals surface area contributed by atoms with Gasteiger partial charge < -0.3 is 5.32 Å². The predicted molar refractivity (Wildman–Crippen MR) is 137 cm³/mol. The number of thioether (sulfide) groups is 1. The van der Waals surface area contributed by atoms with Crippen LogP contribution in [0.1, 0.15) is 66.7 Å². The fraction of sp³-hybridized carbons (Fsp3) is 0.400. The average Bonchev–Trinajstić information content (AvgIpc) is 3.37. The lowest BCUT2D eigenvalue weighted by Gasteiger charge is -2.17. The number of fused-ring (bicyclic) bond motifs is 5. The van der Waals surface area contributed by atoms with Crippen molar-refractivity contribution in [3.63, 3.8) is 0 Å². The van der Waals surface area contributed by atoms with Crippen LogP contribution in [-0.4, -0.2) is 37.0 Å². The van der Waals surface area contributed by atoms with Gasteiger partial charge in [0.2, 0.25) is 5.91 Å². The van der Waals surface area contributed by atoms with Gasteiger partial charge in [-0.3, -0.25) is 14.0 Å². The molecule has 1 aromatic carbocycles. The third-order valence-corrected chi connectivity index (χ3v) is 8.25. The minimum absolute atomic E-state index is 0.00170. The molecule has 0 bridgehead atoms. The van der Waals surface area contributed by atoms with E-state index < -0.39 is 0 Å². The van der Waals surface area contributed by atoms with E-state index in [1.807, 2.05) is 0 Å². The van der Waals surface area contributed by atoms with Gasteiger partial charge >= 0.3 is 0 Å². The summed E-state index contributed by atoms with van der Waals surface area (Å²) in [4.78, 5) is 31.6. The standard InChI is InChI=1S/C25H27N5O2S2/c1-13(2)22-27-24-21(18-10-5-14(3)11-20(18)34-24)23-28-29-25(30(22)23)33-12-19(32)16-6-8-17(9-7-16)26-15(4)31/h6-9,13-14H,5,10-12H2,1-4H3,(H,26,31)/t14-/m1/s1. The number of anilines is 1. The highest BCUT2D eigenvalue weighted by Gasteiger charge is 2.26. The Morgan fingerprint density at radius 3 is 2.71 bits per heavy atom. The van der Waals surface area contributed by atoms with E-state index in [4.69, 9.17) is 4.98 Å². The van der Waals surface area contributed by atoms with Crippen LogP contribution < -0.4 is 5.32 Å². The molecule has 1 aliphatic carbocycles. The second kappa shape index (κ2) is 9.11. The number of amides is 1. The molecule has 34 heavy (non-hydrogen) atoms. The molecule has 0 aliphatic heterocycles. The molecule has 1 aliphatic rings. The maximum Gasteiger partial charge on any atom is 0.221 e.